The third-order valence-corrected chi connectivity index (χ3v) is 2.24. The summed E-state index contributed by atoms with van der Waals surface area (Å²) < 4.78 is 1.56. The Balaban J connectivity index is 3.22. The van der Waals surface area contributed by atoms with Crippen molar-refractivity contribution in [3.63, 3.8) is 0 Å². The van der Waals surface area contributed by atoms with E-state index >= 15 is 0 Å². The molecule has 0 aliphatic carbocycles. The zero-order chi connectivity index (χ0) is 11.6. The first-order chi connectivity index (χ1) is 6.97. The molecule has 0 amide bonds. The number of nitrogens with two attached hydrogens (primary N) is 1. The molecule has 2 N–H and O–H groups in total. The normalized spacial score (nSPS) is 12.8. The molecule has 0 spiro atoms. The lowest BCUT2D eigenvalue weighted by Crippen LogP contribution is -2.20. The second-order valence-electron chi connectivity index (χ2n) is 3.66. The second-order valence-corrected chi connectivity index (χ2v) is 3.66. The summed E-state index contributed by atoms with van der Waals surface area (Å²) in [5, 5.41) is 15.0. The van der Waals surface area contributed by atoms with Crippen LogP contribution in [0.2, 0.25) is 0 Å². The molecule has 0 aliphatic heterocycles. The van der Waals surface area contributed by atoms with E-state index in [9.17, 15) is 10.1 Å². The van der Waals surface area contributed by atoms with Crippen LogP contribution in [0.4, 0.5) is 5.69 Å². The van der Waals surface area contributed by atoms with Crippen LogP contribution in [-0.2, 0) is 19.9 Å². The molecule has 0 fully saturated rings. The summed E-state index contributed by atoms with van der Waals surface area (Å²) in [7, 11) is 1.71. The van der Waals surface area contributed by atoms with Gasteiger partial charge in [0.1, 0.15) is 11.4 Å². The predicted molar refractivity (Wildman–Crippen MR) is 56.6 cm³/mol. The number of hydrogen-bond acceptors (Lipinski definition) is 4. The minimum atomic E-state index is -0.371. The van der Waals surface area contributed by atoms with Gasteiger partial charge in [-0.05, 0) is 13.3 Å². The molecule has 1 atom stereocenters. The van der Waals surface area contributed by atoms with Gasteiger partial charge in [-0.1, -0.05) is 6.92 Å². The Hall–Kier alpha value is -1.43. The van der Waals surface area contributed by atoms with E-state index in [0.717, 1.165) is 0 Å². The van der Waals surface area contributed by atoms with E-state index in [4.69, 9.17) is 5.73 Å². The number of aromatic nitrogens is 2. The fourth-order valence-corrected chi connectivity index (χ4v) is 1.59. The first-order valence-corrected chi connectivity index (χ1v) is 4.92. The molecule has 1 heterocycles. The number of hydrogen-bond donors (Lipinski definition) is 1. The molecule has 0 bridgehead atoms. The van der Waals surface area contributed by atoms with Crippen molar-refractivity contribution in [3.05, 3.63) is 21.5 Å². The van der Waals surface area contributed by atoms with Crippen molar-refractivity contribution < 1.29 is 4.92 Å². The number of rotatable bonds is 4. The molecule has 84 valence electrons. The number of aryl methyl sites for hydroxylation is 2. The maximum atomic E-state index is 10.9. The molecule has 15 heavy (non-hydrogen) atoms. The lowest BCUT2D eigenvalue weighted by Gasteiger charge is -2.04. The smallest absolute Gasteiger partial charge is 0.313 e. The van der Waals surface area contributed by atoms with Gasteiger partial charge in [-0.3, -0.25) is 14.8 Å². The Morgan fingerprint density at radius 1 is 1.67 bits per heavy atom. The van der Waals surface area contributed by atoms with Gasteiger partial charge in [0, 0.05) is 19.5 Å². The Kier molecular flexibility index (Phi) is 3.41. The van der Waals surface area contributed by atoms with Crippen molar-refractivity contribution in [2.45, 2.75) is 32.7 Å². The number of nitrogens with zero attached hydrogens (tertiary/aromatic N) is 3. The molecule has 1 rings (SSSR count). The van der Waals surface area contributed by atoms with Crippen LogP contribution in [0, 0.1) is 10.1 Å². The molecular formula is C9H16N4O2. The average Bonchev–Trinajstić information content (AvgIpc) is 2.42. The van der Waals surface area contributed by atoms with Gasteiger partial charge in [-0.25, -0.2) is 0 Å². The van der Waals surface area contributed by atoms with Crippen LogP contribution >= 0.6 is 0 Å². The van der Waals surface area contributed by atoms with E-state index in [0.29, 0.717) is 24.2 Å². The van der Waals surface area contributed by atoms with Crippen molar-refractivity contribution in [3.8, 4) is 0 Å². The standard InChI is InChI=1S/C9H16N4O2/c1-4-7-9(13(14)15)8(5-6(2)10)12(3)11-7/h6H,4-5,10H2,1-3H3. The minimum absolute atomic E-state index is 0.108. The van der Waals surface area contributed by atoms with Gasteiger partial charge < -0.3 is 5.73 Å². The van der Waals surface area contributed by atoms with Gasteiger partial charge in [-0.15, -0.1) is 0 Å². The minimum Gasteiger partial charge on any atom is -0.328 e. The van der Waals surface area contributed by atoms with Gasteiger partial charge in [0.05, 0.1) is 4.92 Å². The van der Waals surface area contributed by atoms with E-state index in [2.05, 4.69) is 5.10 Å². The van der Waals surface area contributed by atoms with Crippen LogP contribution in [0.1, 0.15) is 25.2 Å². The third kappa shape index (κ3) is 2.33. The van der Waals surface area contributed by atoms with E-state index in [-0.39, 0.29) is 16.7 Å². The van der Waals surface area contributed by atoms with Crippen LogP contribution in [0.15, 0.2) is 0 Å². The van der Waals surface area contributed by atoms with Gasteiger partial charge in [0.2, 0.25) is 0 Å². The quantitative estimate of drug-likeness (QED) is 0.590. The fourth-order valence-electron chi connectivity index (χ4n) is 1.59. The van der Waals surface area contributed by atoms with Gasteiger partial charge in [-0.2, -0.15) is 5.10 Å². The largest absolute Gasteiger partial charge is 0.328 e. The lowest BCUT2D eigenvalue weighted by molar-refractivity contribution is -0.386. The van der Waals surface area contributed by atoms with Crippen molar-refractivity contribution in [1.29, 1.82) is 0 Å². The van der Waals surface area contributed by atoms with Crippen LogP contribution in [-0.4, -0.2) is 20.7 Å². The van der Waals surface area contributed by atoms with Crippen molar-refractivity contribution in [2.24, 2.45) is 12.8 Å². The molecule has 0 radical (unpaired) electrons. The summed E-state index contributed by atoms with van der Waals surface area (Å²) in [5.74, 6) is 0. The molecule has 1 unspecified atom stereocenters. The van der Waals surface area contributed by atoms with Crippen LogP contribution in [0.5, 0.6) is 0 Å². The number of nitro groups is 1. The highest BCUT2D eigenvalue weighted by Gasteiger charge is 2.25. The topological polar surface area (TPSA) is 87.0 Å². The Morgan fingerprint density at radius 3 is 2.67 bits per heavy atom. The van der Waals surface area contributed by atoms with Gasteiger partial charge in [0.25, 0.3) is 0 Å². The summed E-state index contributed by atoms with van der Waals surface area (Å²) in [6.45, 7) is 3.67. The van der Waals surface area contributed by atoms with Crippen molar-refractivity contribution in [2.75, 3.05) is 0 Å². The van der Waals surface area contributed by atoms with Crippen molar-refractivity contribution in [1.82, 2.24) is 9.78 Å². The summed E-state index contributed by atoms with van der Waals surface area (Å²) in [5.41, 5.74) is 6.90. The second kappa shape index (κ2) is 4.39. The van der Waals surface area contributed by atoms with Crippen molar-refractivity contribution >= 4 is 5.69 Å². The summed E-state index contributed by atoms with van der Waals surface area (Å²) >= 11 is 0. The highest BCUT2D eigenvalue weighted by atomic mass is 16.6. The summed E-state index contributed by atoms with van der Waals surface area (Å²) in [6, 6.07) is -0.108. The lowest BCUT2D eigenvalue weighted by atomic mass is 10.1. The van der Waals surface area contributed by atoms with E-state index in [1.54, 1.807) is 11.7 Å². The highest BCUT2D eigenvalue weighted by Crippen LogP contribution is 2.24. The van der Waals surface area contributed by atoms with Gasteiger partial charge >= 0.3 is 5.69 Å². The predicted octanol–water partition coefficient (Wildman–Crippen LogP) is 0.780. The molecule has 1 aromatic rings. The molecule has 1 aromatic heterocycles. The SMILES string of the molecule is CCc1nn(C)c(CC(C)N)c1[N+](=O)[O-]. The molecule has 0 aromatic carbocycles. The maximum Gasteiger partial charge on any atom is 0.313 e. The van der Waals surface area contributed by atoms with E-state index in [1.165, 1.54) is 0 Å². The van der Waals surface area contributed by atoms with Crippen LogP contribution in [0.25, 0.3) is 0 Å². The first-order valence-electron chi connectivity index (χ1n) is 4.92. The molecular weight excluding hydrogens is 196 g/mol. The summed E-state index contributed by atoms with van der Waals surface area (Å²) in [4.78, 5) is 10.5. The zero-order valence-corrected chi connectivity index (χ0v) is 9.23. The Labute approximate surface area is 88.2 Å². The molecule has 6 nitrogen and oxygen atoms in total. The van der Waals surface area contributed by atoms with Crippen LogP contribution in [0.3, 0.4) is 0 Å². The van der Waals surface area contributed by atoms with Gasteiger partial charge in [0.15, 0.2) is 0 Å². The monoisotopic (exact) mass is 212 g/mol. The Morgan fingerprint density at radius 2 is 2.27 bits per heavy atom. The maximum absolute atomic E-state index is 10.9. The van der Waals surface area contributed by atoms with E-state index in [1.807, 2.05) is 13.8 Å². The van der Waals surface area contributed by atoms with E-state index < -0.39 is 0 Å². The highest BCUT2D eigenvalue weighted by molar-refractivity contribution is 5.41. The average molecular weight is 212 g/mol. The summed E-state index contributed by atoms with van der Waals surface area (Å²) in [6.07, 6.45) is 1.03. The third-order valence-electron chi connectivity index (χ3n) is 2.24. The molecule has 0 saturated carbocycles. The molecule has 6 heteroatoms. The fraction of sp³-hybridized carbons (Fsp3) is 0.667. The molecule has 0 saturated heterocycles. The first kappa shape index (κ1) is 11.6. The Bertz CT molecular complexity index is 370. The zero-order valence-electron chi connectivity index (χ0n) is 9.23. The van der Waals surface area contributed by atoms with Crippen LogP contribution < -0.4 is 5.73 Å². The molecule has 0 aliphatic rings.